The van der Waals surface area contributed by atoms with E-state index in [1.165, 1.54) is 12.1 Å². The summed E-state index contributed by atoms with van der Waals surface area (Å²) in [6, 6.07) is 4.56. The Bertz CT molecular complexity index is 421. The molecular weight excluding hydrogens is 207 g/mol. The number of hydrogen-bond acceptors (Lipinski definition) is 2. The molecule has 0 radical (unpaired) electrons. The van der Waals surface area contributed by atoms with E-state index in [-0.39, 0.29) is 18.4 Å². The van der Waals surface area contributed by atoms with Crippen molar-refractivity contribution in [3.8, 4) is 11.8 Å². The number of aryl methyl sites for hydroxylation is 1. The summed E-state index contributed by atoms with van der Waals surface area (Å²) >= 11 is 0. The second-order valence-electron chi connectivity index (χ2n) is 3.33. The lowest BCUT2D eigenvalue weighted by Gasteiger charge is -1.96. The number of halogens is 1. The van der Waals surface area contributed by atoms with E-state index in [0.717, 1.165) is 5.56 Å². The van der Waals surface area contributed by atoms with Crippen LogP contribution in [-0.4, -0.2) is 12.6 Å². The molecule has 84 valence electrons. The second kappa shape index (κ2) is 5.92. The Labute approximate surface area is 94.4 Å². The highest BCUT2D eigenvalue weighted by molar-refractivity contribution is 5.69. The monoisotopic (exact) mass is 220 g/mol. The van der Waals surface area contributed by atoms with Gasteiger partial charge in [-0.25, -0.2) is 4.39 Å². The summed E-state index contributed by atoms with van der Waals surface area (Å²) in [6.07, 6.45) is 0.334. The maximum atomic E-state index is 13.0. The van der Waals surface area contributed by atoms with Gasteiger partial charge in [0.25, 0.3) is 0 Å². The molecule has 0 fully saturated rings. The Morgan fingerprint density at radius 3 is 2.81 bits per heavy atom. The first-order valence-electron chi connectivity index (χ1n) is 5.03. The Hall–Kier alpha value is -1.82. The van der Waals surface area contributed by atoms with E-state index in [0.29, 0.717) is 12.0 Å². The molecule has 0 aliphatic carbocycles. The summed E-state index contributed by atoms with van der Waals surface area (Å²) in [4.78, 5) is 10.8. The van der Waals surface area contributed by atoms with Gasteiger partial charge in [0.05, 0.1) is 0 Å². The van der Waals surface area contributed by atoms with Crippen molar-refractivity contribution in [2.75, 3.05) is 6.61 Å². The molecule has 1 rings (SSSR count). The average Bonchev–Trinajstić information content (AvgIpc) is 2.22. The molecule has 0 spiro atoms. The van der Waals surface area contributed by atoms with Gasteiger partial charge in [0.2, 0.25) is 0 Å². The largest absolute Gasteiger partial charge is 0.452 e. The normalized spacial score (nSPS) is 9.19. The van der Waals surface area contributed by atoms with Crippen molar-refractivity contribution in [1.82, 2.24) is 0 Å². The third-order valence-electron chi connectivity index (χ3n) is 1.87. The van der Waals surface area contributed by atoms with E-state index >= 15 is 0 Å². The van der Waals surface area contributed by atoms with Gasteiger partial charge in [-0.15, -0.1) is 0 Å². The van der Waals surface area contributed by atoms with Gasteiger partial charge in [-0.3, -0.25) is 4.79 Å². The molecule has 0 heterocycles. The smallest absolute Gasteiger partial charge is 0.306 e. The lowest BCUT2D eigenvalue weighted by atomic mass is 10.1. The highest BCUT2D eigenvalue weighted by atomic mass is 19.1. The maximum Gasteiger partial charge on any atom is 0.306 e. The average molecular weight is 220 g/mol. The van der Waals surface area contributed by atoms with Crippen LogP contribution in [-0.2, 0) is 9.53 Å². The lowest BCUT2D eigenvalue weighted by molar-refractivity contribution is -0.141. The summed E-state index contributed by atoms with van der Waals surface area (Å²) in [5.41, 5.74) is 1.40. The summed E-state index contributed by atoms with van der Waals surface area (Å²) in [6.45, 7) is 3.55. The SMILES string of the molecule is CCC(=O)OCC#Cc1cc(C)cc(F)c1. The standard InChI is InChI=1S/C13H13FO2/c1-3-13(15)16-6-4-5-11-7-10(2)8-12(14)9-11/h7-9H,3,6H2,1-2H3. The number of rotatable bonds is 2. The fourth-order valence-electron chi connectivity index (χ4n) is 1.17. The van der Waals surface area contributed by atoms with Crippen molar-refractivity contribution in [3.05, 3.63) is 35.1 Å². The second-order valence-corrected chi connectivity index (χ2v) is 3.33. The molecule has 0 aliphatic heterocycles. The van der Waals surface area contributed by atoms with Gasteiger partial charge in [-0.05, 0) is 30.7 Å². The molecule has 0 aromatic heterocycles. The van der Waals surface area contributed by atoms with Crippen LogP contribution in [0.2, 0.25) is 0 Å². The third-order valence-corrected chi connectivity index (χ3v) is 1.87. The Balaban J connectivity index is 2.59. The predicted molar refractivity (Wildman–Crippen MR) is 59.3 cm³/mol. The van der Waals surface area contributed by atoms with Gasteiger partial charge in [0.1, 0.15) is 5.82 Å². The molecule has 2 nitrogen and oxygen atoms in total. The zero-order valence-corrected chi connectivity index (χ0v) is 9.34. The molecular formula is C13H13FO2. The molecule has 16 heavy (non-hydrogen) atoms. The predicted octanol–water partition coefficient (Wildman–Crippen LogP) is 2.44. The first kappa shape index (κ1) is 12.3. The molecule has 0 atom stereocenters. The van der Waals surface area contributed by atoms with Crippen molar-refractivity contribution in [3.63, 3.8) is 0 Å². The molecule has 0 unspecified atom stereocenters. The van der Waals surface area contributed by atoms with Gasteiger partial charge in [0, 0.05) is 12.0 Å². The van der Waals surface area contributed by atoms with Crippen LogP contribution in [0, 0.1) is 24.6 Å². The first-order chi connectivity index (χ1) is 7.61. The minimum atomic E-state index is -0.310. The van der Waals surface area contributed by atoms with Crippen LogP contribution >= 0.6 is 0 Å². The van der Waals surface area contributed by atoms with Crippen LogP contribution in [0.1, 0.15) is 24.5 Å². The zero-order valence-electron chi connectivity index (χ0n) is 9.34. The summed E-state index contributed by atoms with van der Waals surface area (Å²) in [5, 5.41) is 0. The minimum absolute atomic E-state index is 0.0439. The number of esters is 1. The Morgan fingerprint density at radius 1 is 1.44 bits per heavy atom. The van der Waals surface area contributed by atoms with E-state index in [9.17, 15) is 9.18 Å². The third kappa shape index (κ3) is 4.14. The number of ether oxygens (including phenoxy) is 1. The quantitative estimate of drug-likeness (QED) is 0.565. The molecule has 1 aromatic rings. The van der Waals surface area contributed by atoms with Crippen LogP contribution in [0.15, 0.2) is 18.2 Å². The summed E-state index contributed by atoms with van der Waals surface area (Å²) in [5.74, 6) is 4.80. The van der Waals surface area contributed by atoms with E-state index < -0.39 is 0 Å². The topological polar surface area (TPSA) is 26.3 Å². The molecule has 0 aliphatic rings. The van der Waals surface area contributed by atoms with Crippen LogP contribution in [0.3, 0.4) is 0 Å². The van der Waals surface area contributed by atoms with Gasteiger partial charge in [-0.2, -0.15) is 0 Å². The van der Waals surface area contributed by atoms with Crippen molar-refractivity contribution >= 4 is 5.97 Å². The Morgan fingerprint density at radius 2 is 2.19 bits per heavy atom. The maximum absolute atomic E-state index is 13.0. The van der Waals surface area contributed by atoms with Crippen LogP contribution in [0.5, 0.6) is 0 Å². The molecule has 0 saturated carbocycles. The summed E-state index contributed by atoms with van der Waals surface area (Å²) in [7, 11) is 0. The van der Waals surface area contributed by atoms with Gasteiger partial charge in [0.15, 0.2) is 6.61 Å². The molecule has 3 heteroatoms. The van der Waals surface area contributed by atoms with Crippen molar-refractivity contribution in [2.45, 2.75) is 20.3 Å². The number of carbonyl (C=O) groups is 1. The number of carbonyl (C=O) groups excluding carboxylic acids is 1. The summed E-state index contributed by atoms with van der Waals surface area (Å²) < 4.78 is 17.7. The van der Waals surface area contributed by atoms with Crippen molar-refractivity contribution in [1.29, 1.82) is 0 Å². The molecule has 0 saturated heterocycles. The number of benzene rings is 1. The Kier molecular flexibility index (Phi) is 4.53. The fourth-order valence-corrected chi connectivity index (χ4v) is 1.17. The lowest BCUT2D eigenvalue weighted by Crippen LogP contribution is -2.01. The van der Waals surface area contributed by atoms with Crippen molar-refractivity contribution in [2.24, 2.45) is 0 Å². The van der Waals surface area contributed by atoms with Gasteiger partial charge in [-0.1, -0.05) is 18.8 Å². The zero-order chi connectivity index (χ0) is 12.0. The van der Waals surface area contributed by atoms with Crippen LogP contribution < -0.4 is 0 Å². The van der Waals surface area contributed by atoms with Gasteiger partial charge >= 0.3 is 5.97 Å². The van der Waals surface area contributed by atoms with E-state index in [2.05, 4.69) is 11.8 Å². The molecule has 0 N–H and O–H groups in total. The van der Waals surface area contributed by atoms with Crippen molar-refractivity contribution < 1.29 is 13.9 Å². The molecule has 0 bridgehead atoms. The van der Waals surface area contributed by atoms with Crippen LogP contribution in [0.4, 0.5) is 4.39 Å². The highest BCUT2D eigenvalue weighted by Gasteiger charge is 1.95. The molecule has 0 amide bonds. The van der Waals surface area contributed by atoms with Crippen LogP contribution in [0.25, 0.3) is 0 Å². The minimum Gasteiger partial charge on any atom is -0.452 e. The van der Waals surface area contributed by atoms with E-state index in [1.807, 2.05) is 0 Å². The highest BCUT2D eigenvalue weighted by Crippen LogP contribution is 2.06. The van der Waals surface area contributed by atoms with Gasteiger partial charge < -0.3 is 4.74 Å². The van der Waals surface area contributed by atoms with E-state index in [1.54, 1.807) is 19.9 Å². The van der Waals surface area contributed by atoms with E-state index in [4.69, 9.17) is 4.74 Å². The number of hydrogen-bond donors (Lipinski definition) is 0. The first-order valence-corrected chi connectivity index (χ1v) is 5.03. The molecule has 1 aromatic carbocycles. The fraction of sp³-hybridized carbons (Fsp3) is 0.308.